The lowest BCUT2D eigenvalue weighted by molar-refractivity contribution is -0.142. The lowest BCUT2D eigenvalue weighted by atomic mass is 10.1. The molecule has 0 saturated heterocycles. The van der Waals surface area contributed by atoms with Crippen molar-refractivity contribution in [3.8, 4) is 78.3 Å². The molecule has 746 valence electrons. The molecule has 28 nitrogen and oxygen atoms in total. The van der Waals surface area contributed by atoms with Crippen LogP contribution in [0, 0.1) is 49.9 Å². The largest absolute Gasteiger partial charge is 0.459 e. The summed E-state index contributed by atoms with van der Waals surface area (Å²) < 4.78 is 282. The van der Waals surface area contributed by atoms with E-state index in [1.54, 1.807) is 68.8 Å². The van der Waals surface area contributed by atoms with Crippen molar-refractivity contribution in [2.75, 3.05) is 26.6 Å². The molecule has 5 amide bonds. The molecule has 9 aromatic heterocycles. The molecule has 0 unspecified atom stereocenters. The van der Waals surface area contributed by atoms with Gasteiger partial charge in [-0.25, -0.2) is 31.9 Å². The number of oxazole rings is 1. The number of anilines is 5. The third-order valence-electron chi connectivity index (χ3n) is 21.5. The fourth-order valence-electron chi connectivity index (χ4n) is 14.5. The van der Waals surface area contributed by atoms with Crippen molar-refractivity contribution in [3.05, 3.63) is 308 Å². The van der Waals surface area contributed by atoms with Crippen molar-refractivity contribution < 1.29 is 121 Å². The molecular weight excluding hydrogens is 1960 g/mol. The Morgan fingerprint density at radius 2 is 0.729 bits per heavy atom. The van der Waals surface area contributed by atoms with Crippen LogP contribution in [0.15, 0.2) is 219 Å². The van der Waals surface area contributed by atoms with Crippen LogP contribution < -0.4 is 26.6 Å². The van der Waals surface area contributed by atoms with Crippen molar-refractivity contribution in [1.82, 2.24) is 73.6 Å². The van der Waals surface area contributed by atoms with Gasteiger partial charge in [-0.1, -0.05) is 48.5 Å². The van der Waals surface area contributed by atoms with Crippen LogP contribution in [0.25, 0.3) is 78.3 Å². The van der Waals surface area contributed by atoms with Gasteiger partial charge in [0.25, 0.3) is 29.5 Å². The van der Waals surface area contributed by atoms with E-state index in [4.69, 9.17) is 8.83 Å². The third kappa shape index (κ3) is 23.7. The number of amides is 5. The number of carbonyl (C=O) groups is 5. The fraction of sp³-hybridized carbons (Fsp3) is 0.189. The normalized spacial score (nSPS) is 12.5. The van der Waals surface area contributed by atoms with Crippen molar-refractivity contribution >= 4 is 75.5 Å². The zero-order valence-electron chi connectivity index (χ0n) is 75.9. The minimum Gasteiger partial charge on any atom is -0.459 e. The number of nitrogens with one attached hydrogen (secondary N) is 5. The number of thiazole rings is 1. The van der Waals surface area contributed by atoms with Gasteiger partial charge in [-0.3, -0.25) is 52.4 Å². The van der Waals surface area contributed by atoms with E-state index in [2.05, 4.69) is 77.2 Å². The number of rotatable bonds is 17. The Morgan fingerprint density at radius 1 is 0.382 bits per heavy atom. The van der Waals surface area contributed by atoms with E-state index in [0.717, 1.165) is 114 Å². The van der Waals surface area contributed by atoms with E-state index < -0.39 is 118 Å². The van der Waals surface area contributed by atoms with Crippen molar-refractivity contribution in [1.29, 1.82) is 0 Å². The third-order valence-corrected chi connectivity index (χ3v) is 22.7. The van der Waals surface area contributed by atoms with Crippen LogP contribution >= 0.6 is 11.3 Å². The maximum absolute atomic E-state index is 14.7. The second kappa shape index (κ2) is 41.6. The topological polar surface area (TPSA) is 330 Å². The van der Waals surface area contributed by atoms with Gasteiger partial charge in [-0.2, -0.15) is 91.3 Å². The first-order valence-electron chi connectivity index (χ1n) is 42.2. The molecule has 0 bridgehead atoms. The number of benzene rings is 7. The highest BCUT2D eigenvalue weighted by Gasteiger charge is 2.41. The molecule has 0 fully saturated rings. The maximum atomic E-state index is 14.7. The van der Waals surface area contributed by atoms with Gasteiger partial charge in [0.2, 0.25) is 17.5 Å². The number of nitrogens with zero attached hydrogens (tertiary/aromatic N) is 16. The van der Waals surface area contributed by atoms with Gasteiger partial charge in [-0.05, 0) is 179 Å². The number of alkyl halides is 15. The second-order valence-electron chi connectivity index (χ2n) is 31.8. The van der Waals surface area contributed by atoms with Gasteiger partial charge in [0.1, 0.15) is 50.5 Å². The molecule has 18 rings (SSSR count). The van der Waals surface area contributed by atoms with Gasteiger partial charge in [0.05, 0.1) is 46.1 Å². The van der Waals surface area contributed by atoms with E-state index >= 15 is 0 Å². The van der Waals surface area contributed by atoms with Crippen LogP contribution in [0.3, 0.4) is 0 Å². The average molecular weight is 2030 g/mol. The minimum absolute atomic E-state index is 0.0216. The molecular formula is C95H73F20N21O7S. The SMILES string of the molecule is CC1=C(C(=O)Nc2ccc(-c3cc(C(F)(F)F)nn3C)c(F)c2)N=CC1.Cc1ccoc1C(=O)Nc1ccc(-c2cc(C(F)(F)F)nn2C)c(F)c1.Cc1nc(-c2ccccc2)oc1C(=O)Nc1ccc(-c2cc(C(F)(F)F)nn2C)c(F)c1.Cc1nc(-c2ccccc2)sc1C(=O)Nc1ccc(-c2cc(C(F)(F)F)nn2C)c(F)c1.Cn1nc(C(F)(F)F)cc1-c1ccc(NC(=O)c2nnc3n2CCC3)cc1F. The Morgan fingerprint density at radius 3 is 1.06 bits per heavy atom. The Bertz CT molecular complexity index is 7420. The molecule has 49 heteroatoms. The predicted molar refractivity (Wildman–Crippen MR) is 485 cm³/mol. The number of hydrogen-bond acceptors (Lipinski definition) is 18. The molecule has 0 radical (unpaired) electrons. The number of furan rings is 1. The molecule has 0 atom stereocenters. The Labute approximate surface area is 803 Å². The smallest absolute Gasteiger partial charge is 0.435 e. The van der Waals surface area contributed by atoms with Crippen LogP contribution in [0.5, 0.6) is 0 Å². The fourth-order valence-corrected chi connectivity index (χ4v) is 15.5. The van der Waals surface area contributed by atoms with Crippen LogP contribution in [0.4, 0.5) is 116 Å². The van der Waals surface area contributed by atoms with Gasteiger partial charge in [0.15, 0.2) is 34.2 Å². The standard InChI is InChI=1S/C22H16F4N4O2.C22H16F4N4OS.C17H14F4N6O.C17H14F4N4O.C17H13F4N3O2/c2*1-12-19(32-21(27-12)13-6-4-3-5-7-13)20(31)28-14-8-9-15(16(23)10-14)17-11-18(22(24,25)26)29-30(17)2;1-26-12(8-13(25-26)17(19,20)21)10-5-4-9(7-11(10)18)22-16(28)15-24-23-14-3-2-6-27(14)15;1-9-5-6-22-15(9)16(26)23-10-3-4-11(12(18)7-10)13-8-14(17(19,20)21)24-25(13)2;1-9-5-6-26-15(9)16(25)22-10-3-4-11(12(18)7-10)13-8-14(17(19,20)21)23-24(13)2/h2*3-11H,1-2H3,(H,28,31);4-5,7-8H,2-3,6H2,1H3,(H,22,28);3-4,6-8H,5H2,1-2H3,(H,23,26);3-8H,1-2H3,(H,22,25). The minimum atomic E-state index is -4.64. The van der Waals surface area contributed by atoms with Crippen molar-refractivity contribution in [2.24, 2.45) is 40.2 Å². The summed E-state index contributed by atoms with van der Waals surface area (Å²) in [4.78, 5) is 74.9. The molecule has 0 spiro atoms. The molecule has 0 aliphatic carbocycles. The molecule has 0 saturated carbocycles. The molecule has 16 aromatic rings. The van der Waals surface area contributed by atoms with Crippen LogP contribution in [-0.4, -0.2) is 109 Å². The zero-order valence-corrected chi connectivity index (χ0v) is 76.7. The number of allylic oxidation sites excluding steroid dienone is 1. The lowest BCUT2D eigenvalue weighted by Gasteiger charge is -2.08. The van der Waals surface area contributed by atoms with Gasteiger partial charge >= 0.3 is 30.9 Å². The number of aryl methyl sites for hydroxylation is 9. The summed E-state index contributed by atoms with van der Waals surface area (Å²) in [5, 5.41) is 38.0. The molecule has 144 heavy (non-hydrogen) atoms. The summed E-state index contributed by atoms with van der Waals surface area (Å²) in [6.07, 6.45) is -18.0. The number of halogens is 20. The Kier molecular flexibility index (Phi) is 29.7. The Hall–Kier alpha value is -16.8. The molecule has 7 aromatic carbocycles. The second-order valence-corrected chi connectivity index (χ2v) is 32.8. The highest BCUT2D eigenvalue weighted by Crippen LogP contribution is 2.41. The number of aliphatic imine (C=N–C) groups is 1. The van der Waals surface area contributed by atoms with Gasteiger partial charge < -0.3 is 40.0 Å². The van der Waals surface area contributed by atoms with Crippen molar-refractivity contribution in [3.63, 3.8) is 0 Å². The van der Waals surface area contributed by atoms with E-state index in [-0.39, 0.29) is 114 Å². The first-order chi connectivity index (χ1) is 67.8. The van der Waals surface area contributed by atoms with Crippen LogP contribution in [0.2, 0.25) is 0 Å². The summed E-state index contributed by atoms with van der Waals surface area (Å²) in [5.74, 6) is -5.42. The van der Waals surface area contributed by atoms with Crippen LogP contribution in [0.1, 0.15) is 112 Å². The zero-order chi connectivity index (χ0) is 104. The van der Waals surface area contributed by atoms with E-state index in [1.807, 2.05) is 36.4 Å². The average Bonchev–Trinajstić information content (AvgIpc) is 1.65. The number of carbonyl (C=O) groups excluding carboxylic acids is 5. The first kappa shape index (κ1) is 103. The summed E-state index contributed by atoms with van der Waals surface area (Å²) in [6, 6.07) is 42.5. The summed E-state index contributed by atoms with van der Waals surface area (Å²) in [6.45, 7) is 7.41. The number of aromatic nitrogens is 15. The van der Waals surface area contributed by atoms with Crippen LogP contribution in [-0.2, 0) is 83.9 Å². The highest BCUT2D eigenvalue weighted by molar-refractivity contribution is 7.17. The monoisotopic (exact) mass is 2030 g/mol. The summed E-state index contributed by atoms with van der Waals surface area (Å²) in [7, 11) is 6.48. The number of hydrogen-bond donors (Lipinski definition) is 5. The highest BCUT2D eigenvalue weighted by atomic mass is 32.1. The molecule has 5 N–H and O–H groups in total. The first-order valence-corrected chi connectivity index (χ1v) is 43.0. The number of fused-ring (bicyclic) bond motifs is 1. The van der Waals surface area contributed by atoms with Crippen molar-refractivity contribution in [2.45, 2.75) is 84.4 Å². The van der Waals surface area contributed by atoms with E-state index in [9.17, 15) is 112 Å². The van der Waals surface area contributed by atoms with E-state index in [1.165, 1.54) is 114 Å². The van der Waals surface area contributed by atoms with Gasteiger partial charge in [-0.15, -0.1) is 21.5 Å². The van der Waals surface area contributed by atoms with E-state index in [0.29, 0.717) is 45.4 Å². The maximum Gasteiger partial charge on any atom is 0.435 e. The van der Waals surface area contributed by atoms with Gasteiger partial charge in [0, 0.05) is 134 Å². The summed E-state index contributed by atoms with van der Waals surface area (Å²) >= 11 is 1.22. The molecule has 11 heterocycles. The molecule has 2 aliphatic heterocycles. The lowest BCUT2D eigenvalue weighted by Crippen LogP contribution is -2.18. The molecule has 2 aliphatic rings. The predicted octanol–water partition coefficient (Wildman–Crippen LogP) is 22.8. The Balaban J connectivity index is 0.000000143. The summed E-state index contributed by atoms with van der Waals surface area (Å²) in [5.41, 5.74) is -1.14. The quantitative estimate of drug-likeness (QED) is 0.0529.